The molecule has 0 unspecified atom stereocenters. The van der Waals surface area contributed by atoms with Crippen LogP contribution < -0.4 is 10.3 Å². The highest BCUT2D eigenvalue weighted by molar-refractivity contribution is 7.19. The van der Waals surface area contributed by atoms with E-state index in [2.05, 4.69) is 11.9 Å². The summed E-state index contributed by atoms with van der Waals surface area (Å²) in [6, 6.07) is 17.5. The van der Waals surface area contributed by atoms with Crippen LogP contribution in [0.25, 0.3) is 32.7 Å². The lowest BCUT2D eigenvalue weighted by atomic mass is 10.0. The minimum absolute atomic E-state index is 0.109. The number of hydrogen-bond donors (Lipinski definition) is 1. The van der Waals surface area contributed by atoms with Gasteiger partial charge in [0.05, 0.1) is 12.5 Å². The number of nitrogens with one attached hydrogen (secondary N) is 1. The Balaban J connectivity index is 1.98. The maximum atomic E-state index is 12.9. The number of hydrogen-bond acceptors (Lipinski definition) is 4. The number of rotatable bonds is 4. The van der Waals surface area contributed by atoms with Crippen LogP contribution in [0.1, 0.15) is 11.8 Å². The van der Waals surface area contributed by atoms with Crippen molar-refractivity contribution in [2.75, 3.05) is 7.11 Å². The van der Waals surface area contributed by atoms with Crippen LogP contribution in [-0.2, 0) is 6.42 Å². The number of aromatic amines is 1. The van der Waals surface area contributed by atoms with E-state index in [0.717, 1.165) is 38.6 Å². The highest BCUT2D eigenvalue weighted by Crippen LogP contribution is 2.38. The van der Waals surface area contributed by atoms with Gasteiger partial charge in [-0.15, -0.1) is 11.3 Å². The fraction of sp³-hybridized carbons (Fsp3) is 0.143. The molecule has 0 bridgehead atoms. The minimum atomic E-state index is -0.109. The summed E-state index contributed by atoms with van der Waals surface area (Å²) in [7, 11) is 1.64. The molecule has 2 heterocycles. The first-order chi connectivity index (χ1) is 12.7. The van der Waals surface area contributed by atoms with E-state index in [1.54, 1.807) is 18.4 Å². The molecule has 4 rings (SSSR count). The zero-order chi connectivity index (χ0) is 18.1. The van der Waals surface area contributed by atoms with Gasteiger partial charge in [-0.05, 0) is 24.1 Å². The second-order valence-electron chi connectivity index (χ2n) is 5.95. The van der Waals surface area contributed by atoms with Crippen LogP contribution in [0.4, 0.5) is 0 Å². The summed E-state index contributed by atoms with van der Waals surface area (Å²) in [4.78, 5) is 22.5. The summed E-state index contributed by atoms with van der Waals surface area (Å²) in [5, 5.41) is 0.653. The molecule has 2 aromatic carbocycles. The lowest BCUT2D eigenvalue weighted by molar-refractivity contribution is 0.415. The zero-order valence-corrected chi connectivity index (χ0v) is 15.4. The minimum Gasteiger partial charge on any atom is -0.497 e. The Kier molecular flexibility index (Phi) is 4.31. The number of ether oxygens (including phenoxy) is 1. The lowest BCUT2D eigenvalue weighted by Gasteiger charge is -2.06. The first-order valence-corrected chi connectivity index (χ1v) is 9.28. The Bertz CT molecular complexity index is 1130. The van der Waals surface area contributed by atoms with Crippen LogP contribution in [0.3, 0.4) is 0 Å². The van der Waals surface area contributed by atoms with E-state index in [4.69, 9.17) is 9.72 Å². The molecule has 4 nitrogen and oxygen atoms in total. The monoisotopic (exact) mass is 362 g/mol. The van der Waals surface area contributed by atoms with Crippen molar-refractivity contribution in [1.29, 1.82) is 0 Å². The van der Waals surface area contributed by atoms with Gasteiger partial charge >= 0.3 is 0 Å². The molecule has 4 aromatic rings. The molecule has 0 aliphatic heterocycles. The van der Waals surface area contributed by atoms with Crippen molar-refractivity contribution >= 4 is 21.6 Å². The van der Waals surface area contributed by atoms with Crippen LogP contribution in [-0.4, -0.2) is 17.1 Å². The van der Waals surface area contributed by atoms with E-state index >= 15 is 0 Å². The van der Waals surface area contributed by atoms with Crippen molar-refractivity contribution in [3.63, 3.8) is 0 Å². The molecule has 26 heavy (non-hydrogen) atoms. The van der Waals surface area contributed by atoms with Crippen LogP contribution in [0.2, 0.25) is 0 Å². The van der Waals surface area contributed by atoms with Gasteiger partial charge in [0, 0.05) is 16.0 Å². The molecule has 0 aliphatic rings. The van der Waals surface area contributed by atoms with Crippen LogP contribution >= 0.6 is 11.3 Å². The van der Waals surface area contributed by atoms with Gasteiger partial charge in [0.15, 0.2) is 0 Å². The van der Waals surface area contributed by atoms with Crippen LogP contribution in [0, 0.1) is 0 Å². The molecule has 0 fully saturated rings. The third-order valence-electron chi connectivity index (χ3n) is 4.36. The second-order valence-corrected chi connectivity index (χ2v) is 7.03. The van der Waals surface area contributed by atoms with E-state index in [0.29, 0.717) is 11.2 Å². The van der Waals surface area contributed by atoms with Gasteiger partial charge in [-0.25, -0.2) is 4.98 Å². The molecule has 0 radical (unpaired) electrons. The predicted octanol–water partition coefficient (Wildman–Crippen LogP) is 4.89. The molecule has 0 saturated heterocycles. The Morgan fingerprint density at radius 2 is 1.85 bits per heavy atom. The SMILES string of the molecule is CCc1sc2nc(-c3ccccc3)[nH]c(=O)c2c1-c1cccc(OC)c1. The van der Waals surface area contributed by atoms with Gasteiger partial charge in [-0.2, -0.15) is 0 Å². The van der Waals surface area contributed by atoms with Crippen molar-refractivity contribution in [1.82, 2.24) is 9.97 Å². The van der Waals surface area contributed by atoms with E-state index in [1.807, 2.05) is 54.6 Å². The standard InChI is InChI=1S/C21H18N2O2S/c1-3-16-17(14-10-7-11-15(12-14)25-2)18-20(24)22-19(23-21(18)26-16)13-8-5-4-6-9-13/h4-12H,3H2,1-2H3,(H,22,23,24). The fourth-order valence-electron chi connectivity index (χ4n) is 3.12. The highest BCUT2D eigenvalue weighted by atomic mass is 32.1. The molecular weight excluding hydrogens is 344 g/mol. The molecule has 0 aliphatic carbocycles. The van der Waals surface area contributed by atoms with E-state index in [1.165, 1.54) is 0 Å². The Hall–Kier alpha value is -2.92. The molecule has 0 amide bonds. The van der Waals surface area contributed by atoms with Gasteiger partial charge < -0.3 is 9.72 Å². The Labute approximate surface area is 155 Å². The molecular formula is C21H18N2O2S. The summed E-state index contributed by atoms with van der Waals surface area (Å²) in [6.07, 6.45) is 0.841. The summed E-state index contributed by atoms with van der Waals surface area (Å²) in [5.41, 5.74) is 2.73. The largest absolute Gasteiger partial charge is 0.497 e. The maximum absolute atomic E-state index is 12.9. The van der Waals surface area contributed by atoms with Gasteiger partial charge in [0.1, 0.15) is 16.4 Å². The van der Waals surface area contributed by atoms with Crippen molar-refractivity contribution in [3.8, 4) is 28.3 Å². The number of aromatic nitrogens is 2. The first kappa shape index (κ1) is 16.5. The molecule has 0 saturated carbocycles. The fourth-order valence-corrected chi connectivity index (χ4v) is 4.25. The van der Waals surface area contributed by atoms with Gasteiger partial charge in [0.2, 0.25) is 0 Å². The lowest BCUT2D eigenvalue weighted by Crippen LogP contribution is -2.09. The average molecular weight is 362 g/mol. The van der Waals surface area contributed by atoms with Gasteiger partial charge in [-0.3, -0.25) is 4.79 Å². The van der Waals surface area contributed by atoms with Gasteiger partial charge in [-0.1, -0.05) is 49.4 Å². The number of benzene rings is 2. The molecule has 5 heteroatoms. The third kappa shape index (κ3) is 2.80. The predicted molar refractivity (Wildman–Crippen MR) is 107 cm³/mol. The summed E-state index contributed by atoms with van der Waals surface area (Å²) >= 11 is 1.58. The first-order valence-electron chi connectivity index (χ1n) is 8.46. The molecule has 2 aromatic heterocycles. The number of thiophene rings is 1. The molecule has 130 valence electrons. The van der Waals surface area contributed by atoms with Crippen LogP contribution in [0.5, 0.6) is 5.75 Å². The Morgan fingerprint density at radius 1 is 1.08 bits per heavy atom. The maximum Gasteiger partial charge on any atom is 0.260 e. The van der Waals surface area contributed by atoms with E-state index in [9.17, 15) is 4.79 Å². The second kappa shape index (κ2) is 6.77. The van der Waals surface area contributed by atoms with Crippen molar-refractivity contribution in [2.24, 2.45) is 0 Å². The number of fused-ring (bicyclic) bond motifs is 1. The van der Waals surface area contributed by atoms with Crippen LogP contribution in [0.15, 0.2) is 59.4 Å². The molecule has 0 atom stereocenters. The summed E-state index contributed by atoms with van der Waals surface area (Å²) in [5.74, 6) is 1.37. The number of methoxy groups -OCH3 is 1. The zero-order valence-electron chi connectivity index (χ0n) is 14.6. The van der Waals surface area contributed by atoms with E-state index < -0.39 is 0 Å². The third-order valence-corrected chi connectivity index (χ3v) is 5.59. The van der Waals surface area contributed by atoms with Gasteiger partial charge in [0.25, 0.3) is 5.56 Å². The van der Waals surface area contributed by atoms with E-state index in [-0.39, 0.29) is 5.56 Å². The number of nitrogens with zero attached hydrogens (tertiary/aromatic N) is 1. The normalized spacial score (nSPS) is 11.0. The number of H-pyrrole nitrogens is 1. The molecule has 1 N–H and O–H groups in total. The quantitative estimate of drug-likeness (QED) is 0.562. The summed E-state index contributed by atoms with van der Waals surface area (Å²) in [6.45, 7) is 2.10. The highest BCUT2D eigenvalue weighted by Gasteiger charge is 2.18. The average Bonchev–Trinajstić information content (AvgIpc) is 3.08. The smallest absolute Gasteiger partial charge is 0.260 e. The van der Waals surface area contributed by atoms with Crippen molar-refractivity contribution in [2.45, 2.75) is 13.3 Å². The Morgan fingerprint density at radius 3 is 2.58 bits per heavy atom. The number of aryl methyl sites for hydroxylation is 1. The van der Waals surface area contributed by atoms with Crippen molar-refractivity contribution in [3.05, 3.63) is 69.8 Å². The summed E-state index contributed by atoms with van der Waals surface area (Å²) < 4.78 is 5.35. The topological polar surface area (TPSA) is 55.0 Å². The van der Waals surface area contributed by atoms with Crippen molar-refractivity contribution < 1.29 is 4.74 Å². The molecule has 0 spiro atoms.